The lowest BCUT2D eigenvalue weighted by Gasteiger charge is -2.35. The third kappa shape index (κ3) is 6.06. The normalized spacial score (nSPS) is 26.7. The van der Waals surface area contributed by atoms with E-state index in [4.69, 9.17) is 9.73 Å². The predicted molar refractivity (Wildman–Crippen MR) is 175 cm³/mol. The first-order valence-electron chi connectivity index (χ1n) is 15.3. The van der Waals surface area contributed by atoms with Gasteiger partial charge in [0.2, 0.25) is 11.7 Å². The minimum absolute atomic E-state index is 0.0553. The van der Waals surface area contributed by atoms with E-state index < -0.39 is 8.07 Å². The van der Waals surface area contributed by atoms with Gasteiger partial charge in [-0.2, -0.15) is 4.57 Å². The summed E-state index contributed by atoms with van der Waals surface area (Å²) in [6.07, 6.45) is 13.9. The lowest BCUT2D eigenvalue weighted by molar-refractivity contribution is -0.708. The first kappa shape index (κ1) is 29.3. The fourth-order valence-corrected chi connectivity index (χ4v) is 8.69. The Hall–Kier alpha value is -3.18. The number of aromatic nitrogens is 1. The molecule has 5 rings (SSSR count). The molecule has 0 aliphatic carbocycles. The SMILES string of the molecule is C=C/C1=N/C(=C)C2C(CCC3(/C=C\CCOC(=C)NC3)C1)c1ccccc1-c1cc(CC(C)C)c([Si](C)(C)C)c[n+]12. The second kappa shape index (κ2) is 11.6. The standard InChI is InChI=1S/C36H48N3OSi/c1-9-29-22-36(17-12-13-19-40-27(5)37-24-36)18-16-32-30-14-10-11-15-31(30)33-21-28(20-25(2)3)34(41(6,7)8)23-39(33)35(32)26(4)38-29/h9-12,14-15,17,21,23,25,32,35,37H,1,4-5,13,16,18-20,22,24H2,2-3,6-8H3/q+1/b17-12-,38-29-. The van der Waals surface area contributed by atoms with Crippen LogP contribution < -0.4 is 15.1 Å². The molecule has 4 heterocycles. The summed E-state index contributed by atoms with van der Waals surface area (Å²) in [5.74, 6) is 1.52. The van der Waals surface area contributed by atoms with Crippen molar-refractivity contribution in [2.75, 3.05) is 13.2 Å². The maximum atomic E-state index is 5.77. The van der Waals surface area contributed by atoms with Crippen LogP contribution in [0.3, 0.4) is 0 Å². The van der Waals surface area contributed by atoms with Crippen LogP contribution in [0.4, 0.5) is 0 Å². The number of pyridine rings is 1. The average molecular weight is 567 g/mol. The Kier molecular flexibility index (Phi) is 8.29. The van der Waals surface area contributed by atoms with Crippen LogP contribution in [0.25, 0.3) is 11.3 Å². The van der Waals surface area contributed by atoms with Gasteiger partial charge in [0.25, 0.3) is 0 Å². The fraction of sp³-hybridized carbons (Fsp3) is 0.444. The lowest BCUT2D eigenvalue weighted by Crippen LogP contribution is -2.54. The first-order valence-corrected chi connectivity index (χ1v) is 18.8. The molecule has 0 saturated carbocycles. The number of rotatable bonds is 4. The Morgan fingerprint density at radius 2 is 2.00 bits per heavy atom. The highest BCUT2D eigenvalue weighted by molar-refractivity contribution is 6.89. The molecule has 1 aromatic carbocycles. The van der Waals surface area contributed by atoms with E-state index in [2.05, 4.69) is 112 Å². The van der Waals surface area contributed by atoms with Gasteiger partial charge in [-0.05, 0) is 61.4 Å². The van der Waals surface area contributed by atoms with Crippen LogP contribution >= 0.6 is 0 Å². The molecule has 4 nitrogen and oxygen atoms in total. The molecular formula is C36H48N3OSi+. The number of allylic oxidation sites excluding steroid dienone is 2. The molecule has 216 valence electrons. The summed E-state index contributed by atoms with van der Waals surface area (Å²) in [6, 6.07) is 11.6. The lowest BCUT2D eigenvalue weighted by atomic mass is 9.72. The monoisotopic (exact) mass is 566 g/mol. The third-order valence-corrected chi connectivity index (χ3v) is 11.0. The molecule has 3 aliphatic heterocycles. The van der Waals surface area contributed by atoms with Crippen LogP contribution in [0.5, 0.6) is 0 Å². The van der Waals surface area contributed by atoms with Crippen molar-refractivity contribution < 1.29 is 9.30 Å². The van der Waals surface area contributed by atoms with Gasteiger partial charge < -0.3 is 10.1 Å². The van der Waals surface area contributed by atoms with Gasteiger partial charge in [-0.15, -0.1) is 0 Å². The molecule has 1 spiro atoms. The maximum Gasteiger partial charge on any atom is 0.213 e. The zero-order valence-corrected chi connectivity index (χ0v) is 26.8. The number of nitrogens with zero attached hydrogens (tertiary/aromatic N) is 2. The number of hydrogen-bond acceptors (Lipinski definition) is 3. The molecule has 0 radical (unpaired) electrons. The number of nitrogens with one attached hydrogen (secondary N) is 1. The van der Waals surface area contributed by atoms with E-state index in [1.165, 1.54) is 22.4 Å². The van der Waals surface area contributed by atoms with Crippen molar-refractivity contribution >= 4 is 19.0 Å². The summed E-state index contributed by atoms with van der Waals surface area (Å²) >= 11 is 0. The molecule has 0 saturated heterocycles. The van der Waals surface area contributed by atoms with Crippen LogP contribution in [-0.2, 0) is 11.2 Å². The molecular weight excluding hydrogens is 519 g/mol. The molecule has 1 N–H and O–H groups in total. The summed E-state index contributed by atoms with van der Waals surface area (Å²) in [7, 11) is -1.62. The van der Waals surface area contributed by atoms with E-state index in [1.54, 1.807) is 5.19 Å². The van der Waals surface area contributed by atoms with E-state index in [-0.39, 0.29) is 17.4 Å². The van der Waals surface area contributed by atoms with Crippen molar-refractivity contribution in [3.8, 4) is 11.3 Å². The van der Waals surface area contributed by atoms with Crippen LogP contribution in [-0.4, -0.2) is 26.9 Å². The highest BCUT2D eigenvalue weighted by atomic mass is 28.3. The van der Waals surface area contributed by atoms with Crippen molar-refractivity contribution in [3.63, 3.8) is 0 Å². The fourth-order valence-electron chi connectivity index (χ4n) is 7.02. The highest BCUT2D eigenvalue weighted by Crippen LogP contribution is 2.47. The molecule has 3 atom stereocenters. The van der Waals surface area contributed by atoms with Gasteiger partial charge in [0.15, 0.2) is 12.1 Å². The number of aliphatic imine (C=N–C) groups is 1. The molecule has 0 amide bonds. The predicted octanol–water partition coefficient (Wildman–Crippen LogP) is 7.37. The molecule has 0 fully saturated rings. The summed E-state index contributed by atoms with van der Waals surface area (Å²) < 4.78 is 8.31. The number of ether oxygens (including phenoxy) is 1. The van der Waals surface area contributed by atoms with E-state index in [9.17, 15) is 0 Å². The minimum atomic E-state index is -1.62. The Labute approximate surface area is 248 Å². The van der Waals surface area contributed by atoms with Crippen molar-refractivity contribution in [1.29, 1.82) is 0 Å². The first-order chi connectivity index (χ1) is 19.5. The van der Waals surface area contributed by atoms with Gasteiger partial charge in [-0.3, -0.25) is 4.99 Å². The Morgan fingerprint density at radius 3 is 2.73 bits per heavy atom. The number of fused-ring (bicyclic) bond motifs is 6. The van der Waals surface area contributed by atoms with Crippen LogP contribution in [0.2, 0.25) is 19.6 Å². The summed E-state index contributed by atoms with van der Waals surface area (Å²) in [5.41, 5.74) is 7.36. The summed E-state index contributed by atoms with van der Waals surface area (Å²) in [4.78, 5) is 5.26. The molecule has 3 unspecified atom stereocenters. The number of benzene rings is 1. The topological polar surface area (TPSA) is 37.5 Å². The van der Waals surface area contributed by atoms with E-state index >= 15 is 0 Å². The Morgan fingerprint density at radius 1 is 1.22 bits per heavy atom. The Bertz CT molecular complexity index is 1410. The van der Waals surface area contributed by atoms with Gasteiger partial charge in [0.1, 0.15) is 5.70 Å². The third-order valence-electron chi connectivity index (χ3n) is 8.98. The molecule has 1 aromatic heterocycles. The van der Waals surface area contributed by atoms with Crippen molar-refractivity contribution in [3.05, 3.63) is 97.2 Å². The van der Waals surface area contributed by atoms with E-state index in [0.29, 0.717) is 18.4 Å². The molecule has 41 heavy (non-hydrogen) atoms. The highest BCUT2D eigenvalue weighted by Gasteiger charge is 2.45. The molecule has 2 aromatic rings. The van der Waals surface area contributed by atoms with Crippen LogP contribution in [0, 0.1) is 11.3 Å². The molecule has 0 bridgehead atoms. The van der Waals surface area contributed by atoms with Gasteiger partial charge in [-0.1, -0.05) is 77.0 Å². The molecule has 5 heteroatoms. The zero-order chi connectivity index (χ0) is 29.4. The summed E-state index contributed by atoms with van der Waals surface area (Å²) in [5, 5.41) is 5.03. The second-order valence-corrected chi connectivity index (χ2v) is 18.7. The van der Waals surface area contributed by atoms with Crippen LogP contribution in [0.15, 0.2) is 91.1 Å². The second-order valence-electron chi connectivity index (χ2n) is 13.7. The number of hydrogen-bond donors (Lipinski definition) is 1. The quantitative estimate of drug-likeness (QED) is 0.238. The average Bonchev–Trinajstić information content (AvgIpc) is 3.04. The van der Waals surface area contributed by atoms with Gasteiger partial charge in [-0.25, -0.2) is 0 Å². The summed E-state index contributed by atoms with van der Waals surface area (Å²) in [6.45, 7) is 26.4. The van der Waals surface area contributed by atoms with Crippen LogP contribution in [0.1, 0.15) is 62.6 Å². The van der Waals surface area contributed by atoms with Gasteiger partial charge in [0.05, 0.1) is 20.6 Å². The largest absolute Gasteiger partial charge is 0.479 e. The minimum Gasteiger partial charge on any atom is -0.479 e. The molecule has 3 aliphatic rings. The van der Waals surface area contributed by atoms with Crippen molar-refractivity contribution in [1.82, 2.24) is 5.32 Å². The van der Waals surface area contributed by atoms with Crippen molar-refractivity contribution in [2.24, 2.45) is 16.3 Å². The Balaban J connectivity index is 1.69. The smallest absolute Gasteiger partial charge is 0.213 e. The van der Waals surface area contributed by atoms with E-state index in [0.717, 1.165) is 50.1 Å². The van der Waals surface area contributed by atoms with E-state index in [1.807, 2.05) is 6.08 Å². The zero-order valence-electron chi connectivity index (χ0n) is 25.8. The van der Waals surface area contributed by atoms with Gasteiger partial charge >= 0.3 is 0 Å². The van der Waals surface area contributed by atoms with Crippen molar-refractivity contribution in [2.45, 2.75) is 77.6 Å². The van der Waals surface area contributed by atoms with Gasteiger partial charge in [0, 0.05) is 40.9 Å². The maximum absolute atomic E-state index is 5.77.